The summed E-state index contributed by atoms with van der Waals surface area (Å²) in [6.07, 6.45) is 1.91. The Morgan fingerprint density at radius 3 is 2.54 bits per heavy atom. The summed E-state index contributed by atoms with van der Waals surface area (Å²) in [6, 6.07) is 10.5. The number of nitrogens with zero attached hydrogens (tertiary/aromatic N) is 2. The zero-order valence-electron chi connectivity index (χ0n) is 19.7. The summed E-state index contributed by atoms with van der Waals surface area (Å²) in [5, 5.41) is 2.88. The van der Waals surface area contributed by atoms with Gasteiger partial charge in [-0.3, -0.25) is 4.79 Å². The van der Waals surface area contributed by atoms with Crippen LogP contribution >= 0.6 is 0 Å². The van der Waals surface area contributed by atoms with Gasteiger partial charge in [0.2, 0.25) is 5.92 Å². The Labute approximate surface area is 202 Å². The second kappa shape index (κ2) is 10.1. The molecule has 8 heteroatoms. The minimum Gasteiger partial charge on any atom is -0.356 e. The highest BCUT2D eigenvalue weighted by atomic mass is 19.3. The Balaban J connectivity index is 1.79. The number of amides is 1. The number of carbonyl (C=O) groups is 1. The lowest BCUT2D eigenvalue weighted by atomic mass is 9.97. The van der Waals surface area contributed by atoms with Gasteiger partial charge in [-0.05, 0) is 60.7 Å². The molecule has 4 rings (SSSR count). The van der Waals surface area contributed by atoms with Crippen molar-refractivity contribution in [3.8, 4) is 11.1 Å². The van der Waals surface area contributed by atoms with Crippen molar-refractivity contribution in [2.75, 3.05) is 23.3 Å². The predicted molar refractivity (Wildman–Crippen MR) is 129 cm³/mol. The lowest BCUT2D eigenvalue weighted by Crippen LogP contribution is -2.30. The average molecular weight is 486 g/mol. The molecular weight excluding hydrogens is 458 g/mol. The number of rotatable bonds is 5. The van der Waals surface area contributed by atoms with E-state index in [4.69, 9.17) is 0 Å². The van der Waals surface area contributed by atoms with E-state index in [1.54, 1.807) is 17.9 Å². The molecule has 2 heterocycles. The molecule has 2 aromatic carbocycles. The topological polar surface area (TPSA) is 45.2 Å². The maximum Gasteiger partial charge on any atom is 0.259 e. The Morgan fingerprint density at radius 2 is 1.83 bits per heavy atom. The van der Waals surface area contributed by atoms with Crippen LogP contribution in [0, 0.1) is 18.6 Å². The number of hydrogen-bond donors (Lipinski definition) is 1. The molecule has 1 saturated heterocycles. The Hall–Kier alpha value is -3.42. The number of pyridine rings is 1. The van der Waals surface area contributed by atoms with Crippen LogP contribution in [0.15, 0.2) is 48.7 Å². The highest BCUT2D eigenvalue weighted by molar-refractivity contribution is 6.09. The largest absolute Gasteiger partial charge is 0.356 e. The number of hydrogen-bond acceptors (Lipinski definition) is 3. The van der Waals surface area contributed by atoms with Crippen molar-refractivity contribution in [2.24, 2.45) is 0 Å². The second-order valence-corrected chi connectivity index (χ2v) is 8.86. The van der Waals surface area contributed by atoms with Crippen LogP contribution in [0.2, 0.25) is 0 Å². The number of halogens is 4. The van der Waals surface area contributed by atoms with Gasteiger partial charge in [0.05, 0.1) is 5.56 Å². The van der Waals surface area contributed by atoms with E-state index < -0.39 is 23.5 Å². The maximum atomic E-state index is 14.0. The minimum absolute atomic E-state index is 0.0407. The van der Waals surface area contributed by atoms with E-state index >= 15 is 0 Å². The fourth-order valence-electron chi connectivity index (χ4n) is 4.44. The molecule has 0 saturated carbocycles. The molecule has 1 aliphatic heterocycles. The number of benzene rings is 2. The van der Waals surface area contributed by atoms with E-state index in [-0.39, 0.29) is 42.8 Å². The van der Waals surface area contributed by atoms with Crippen LogP contribution in [0.3, 0.4) is 0 Å². The molecular formula is C27H27F4N3O. The summed E-state index contributed by atoms with van der Waals surface area (Å²) < 4.78 is 55.9. The van der Waals surface area contributed by atoms with Crippen molar-refractivity contribution in [2.45, 2.75) is 45.5 Å². The first-order valence-electron chi connectivity index (χ1n) is 11.7. The van der Waals surface area contributed by atoms with Gasteiger partial charge < -0.3 is 10.2 Å². The van der Waals surface area contributed by atoms with Crippen LogP contribution < -0.4 is 10.2 Å². The van der Waals surface area contributed by atoms with E-state index in [1.807, 2.05) is 25.1 Å². The summed E-state index contributed by atoms with van der Waals surface area (Å²) in [6.45, 7) is 4.04. The van der Waals surface area contributed by atoms with Gasteiger partial charge in [-0.2, -0.15) is 0 Å². The van der Waals surface area contributed by atoms with Crippen molar-refractivity contribution in [3.05, 3.63) is 77.0 Å². The quantitative estimate of drug-likeness (QED) is 0.406. The standard InChI is InChI=1S/C27H27F4N3O/c1-3-18-6-4-7-22(12-18)33-26(35)24-17(2)23(19-13-20(28)15-21(29)14-19)16-32-25(24)34-10-5-8-27(30,31)9-11-34/h4,6-7,12-16H,3,5,8-11H2,1-2H3,(H,33,35). The van der Waals surface area contributed by atoms with Crippen LogP contribution in [0.4, 0.5) is 29.1 Å². The van der Waals surface area contributed by atoms with Gasteiger partial charge in [0, 0.05) is 49.4 Å². The fourth-order valence-corrected chi connectivity index (χ4v) is 4.44. The number of alkyl halides is 2. The summed E-state index contributed by atoms with van der Waals surface area (Å²) in [5.41, 5.74) is 2.91. The molecule has 0 unspecified atom stereocenters. The van der Waals surface area contributed by atoms with Crippen LogP contribution in [-0.4, -0.2) is 29.9 Å². The zero-order valence-corrected chi connectivity index (χ0v) is 19.7. The van der Waals surface area contributed by atoms with Crippen molar-refractivity contribution < 1.29 is 22.4 Å². The van der Waals surface area contributed by atoms with Crippen molar-refractivity contribution in [1.29, 1.82) is 0 Å². The van der Waals surface area contributed by atoms with E-state index in [0.29, 0.717) is 23.4 Å². The molecule has 1 aliphatic rings. The predicted octanol–water partition coefficient (Wildman–Crippen LogP) is 6.78. The first kappa shape index (κ1) is 24.7. The van der Waals surface area contributed by atoms with Crippen LogP contribution in [0.5, 0.6) is 0 Å². The Bertz CT molecular complexity index is 1220. The molecule has 1 aromatic heterocycles. The summed E-state index contributed by atoms with van der Waals surface area (Å²) in [7, 11) is 0. The molecule has 1 N–H and O–H groups in total. The van der Waals surface area contributed by atoms with Gasteiger partial charge in [0.25, 0.3) is 5.91 Å². The molecule has 35 heavy (non-hydrogen) atoms. The molecule has 4 nitrogen and oxygen atoms in total. The first-order valence-corrected chi connectivity index (χ1v) is 11.7. The van der Waals surface area contributed by atoms with Gasteiger partial charge in [0.1, 0.15) is 17.5 Å². The number of carbonyl (C=O) groups excluding carboxylic acids is 1. The summed E-state index contributed by atoms with van der Waals surface area (Å²) in [4.78, 5) is 19.7. The molecule has 0 spiro atoms. The van der Waals surface area contributed by atoms with Crippen molar-refractivity contribution >= 4 is 17.4 Å². The molecule has 184 valence electrons. The molecule has 0 bridgehead atoms. The molecule has 1 amide bonds. The molecule has 0 atom stereocenters. The third kappa shape index (κ3) is 5.63. The average Bonchev–Trinajstić information content (AvgIpc) is 2.98. The number of aryl methyl sites for hydroxylation is 1. The highest BCUT2D eigenvalue weighted by Gasteiger charge is 2.33. The molecule has 0 radical (unpaired) electrons. The van der Waals surface area contributed by atoms with Gasteiger partial charge in [0.15, 0.2) is 0 Å². The number of nitrogens with one attached hydrogen (secondary N) is 1. The molecule has 0 aliphatic carbocycles. The normalized spacial score (nSPS) is 15.5. The second-order valence-electron chi connectivity index (χ2n) is 8.86. The molecule has 3 aromatic rings. The third-order valence-corrected chi connectivity index (χ3v) is 6.33. The maximum absolute atomic E-state index is 14.0. The van der Waals surface area contributed by atoms with Gasteiger partial charge in [-0.25, -0.2) is 22.5 Å². The number of aromatic nitrogens is 1. The number of anilines is 2. The monoisotopic (exact) mass is 485 g/mol. The highest BCUT2D eigenvalue weighted by Crippen LogP contribution is 2.35. The Kier molecular flexibility index (Phi) is 7.10. The minimum atomic E-state index is -2.77. The fraction of sp³-hybridized carbons (Fsp3) is 0.333. The van der Waals surface area contributed by atoms with Gasteiger partial charge in [-0.15, -0.1) is 0 Å². The van der Waals surface area contributed by atoms with Crippen LogP contribution in [0.25, 0.3) is 11.1 Å². The molecule has 1 fully saturated rings. The zero-order chi connectivity index (χ0) is 25.2. The van der Waals surface area contributed by atoms with E-state index in [9.17, 15) is 22.4 Å². The van der Waals surface area contributed by atoms with Crippen LogP contribution in [0.1, 0.15) is 47.7 Å². The third-order valence-electron chi connectivity index (χ3n) is 6.33. The smallest absolute Gasteiger partial charge is 0.259 e. The lowest BCUT2D eigenvalue weighted by Gasteiger charge is -2.26. The van der Waals surface area contributed by atoms with E-state index in [0.717, 1.165) is 18.1 Å². The lowest BCUT2D eigenvalue weighted by molar-refractivity contribution is -0.0102. The summed E-state index contributed by atoms with van der Waals surface area (Å²) >= 11 is 0. The summed E-state index contributed by atoms with van der Waals surface area (Å²) in [5.74, 6) is -4.45. The Morgan fingerprint density at radius 1 is 1.09 bits per heavy atom. The van der Waals surface area contributed by atoms with Crippen LogP contribution in [-0.2, 0) is 6.42 Å². The van der Waals surface area contributed by atoms with Crippen molar-refractivity contribution in [1.82, 2.24) is 4.98 Å². The van der Waals surface area contributed by atoms with Crippen molar-refractivity contribution in [3.63, 3.8) is 0 Å². The van der Waals surface area contributed by atoms with Gasteiger partial charge in [-0.1, -0.05) is 19.1 Å². The van der Waals surface area contributed by atoms with E-state index in [2.05, 4.69) is 10.3 Å². The first-order chi connectivity index (χ1) is 16.7. The SMILES string of the molecule is CCc1cccc(NC(=O)c2c(N3CCCC(F)(F)CC3)ncc(-c3cc(F)cc(F)c3)c2C)c1. The van der Waals surface area contributed by atoms with Gasteiger partial charge >= 0.3 is 0 Å². The van der Waals surface area contributed by atoms with E-state index in [1.165, 1.54) is 18.3 Å².